The number of fused-ring (bicyclic) bond motifs is 3. The minimum atomic E-state index is -0.182. The van der Waals surface area contributed by atoms with Gasteiger partial charge >= 0.3 is 6.03 Å². The Bertz CT molecular complexity index is 1250. The monoisotopic (exact) mass is 458 g/mol. The topological polar surface area (TPSA) is 121 Å². The van der Waals surface area contributed by atoms with E-state index in [1.807, 2.05) is 24.3 Å². The van der Waals surface area contributed by atoms with Crippen LogP contribution >= 0.6 is 0 Å². The van der Waals surface area contributed by atoms with Gasteiger partial charge in [-0.1, -0.05) is 0 Å². The van der Waals surface area contributed by atoms with Crippen molar-refractivity contribution < 1.29 is 9.53 Å². The molecule has 1 aromatic carbocycles. The molecular weight excluding hydrogens is 432 g/mol. The first-order valence-electron chi connectivity index (χ1n) is 11.8. The molecule has 2 unspecified atom stereocenters. The Hall–Kier alpha value is -3.71. The van der Waals surface area contributed by atoms with Crippen molar-refractivity contribution in [2.75, 3.05) is 23.3 Å². The maximum absolute atomic E-state index is 12.0. The lowest BCUT2D eigenvalue weighted by Gasteiger charge is -2.33. The number of aryl methyl sites for hydroxylation is 1. The molecule has 2 aromatic heterocycles. The van der Waals surface area contributed by atoms with Crippen LogP contribution in [-0.4, -0.2) is 57.1 Å². The molecule has 1 saturated carbocycles. The molecule has 3 aromatic rings. The van der Waals surface area contributed by atoms with Crippen molar-refractivity contribution >= 4 is 28.6 Å². The van der Waals surface area contributed by atoms with Crippen molar-refractivity contribution in [1.29, 1.82) is 5.26 Å². The second-order valence-electron chi connectivity index (χ2n) is 9.20. The van der Waals surface area contributed by atoms with Crippen molar-refractivity contribution in [3.05, 3.63) is 30.5 Å². The summed E-state index contributed by atoms with van der Waals surface area (Å²) in [6, 6.07) is 9.85. The Balaban J connectivity index is 1.33. The number of hydrogen-bond acceptors (Lipinski definition) is 7. The Morgan fingerprint density at radius 2 is 1.88 bits per heavy atom. The van der Waals surface area contributed by atoms with Crippen molar-refractivity contribution in [2.24, 2.45) is 0 Å². The van der Waals surface area contributed by atoms with E-state index in [0.29, 0.717) is 30.5 Å². The van der Waals surface area contributed by atoms with Crippen LogP contribution in [0.2, 0.25) is 0 Å². The number of amides is 2. The molecule has 3 aliphatic rings. The third-order valence-corrected chi connectivity index (χ3v) is 6.57. The molecule has 174 valence electrons. The molecule has 3 fully saturated rings. The van der Waals surface area contributed by atoms with Gasteiger partial charge in [0.25, 0.3) is 0 Å². The average molecular weight is 459 g/mol. The van der Waals surface area contributed by atoms with Gasteiger partial charge in [-0.3, -0.25) is 0 Å². The fourth-order valence-corrected chi connectivity index (χ4v) is 4.70. The molecule has 10 heteroatoms. The van der Waals surface area contributed by atoms with Crippen molar-refractivity contribution in [3.63, 3.8) is 0 Å². The molecule has 2 N–H and O–H groups in total. The molecule has 10 nitrogen and oxygen atoms in total. The first-order chi connectivity index (χ1) is 16.7. The van der Waals surface area contributed by atoms with Gasteiger partial charge in [-0.2, -0.15) is 10.4 Å². The summed E-state index contributed by atoms with van der Waals surface area (Å²) in [6.45, 7) is 2.07. The second kappa shape index (κ2) is 8.57. The molecular formula is C24H26N8O2. The van der Waals surface area contributed by atoms with Crippen LogP contribution in [0, 0.1) is 11.3 Å². The Labute approximate surface area is 196 Å². The van der Waals surface area contributed by atoms with Crippen molar-refractivity contribution in [2.45, 2.75) is 56.9 Å². The first-order valence-corrected chi connectivity index (χ1v) is 11.8. The summed E-state index contributed by atoms with van der Waals surface area (Å²) >= 11 is 0. The van der Waals surface area contributed by atoms with Gasteiger partial charge in [-0.25, -0.2) is 19.4 Å². The SMILES string of the molecule is N#CCCn1ncc2c(N3CC4CCC(C3)O4)nc(-c3ccc(NC(=O)NC4CC4)cc3)nc21. The minimum absolute atomic E-state index is 0.182. The van der Waals surface area contributed by atoms with Gasteiger partial charge in [-0.05, 0) is 49.9 Å². The van der Waals surface area contributed by atoms with E-state index in [1.54, 1.807) is 10.9 Å². The number of carbonyl (C=O) groups excluding carboxylic acids is 1. The third-order valence-electron chi connectivity index (χ3n) is 6.57. The highest BCUT2D eigenvalue weighted by Gasteiger charge is 2.35. The molecule has 34 heavy (non-hydrogen) atoms. The molecule has 2 saturated heterocycles. The fraction of sp³-hybridized carbons (Fsp3) is 0.458. The van der Waals surface area contributed by atoms with Gasteiger partial charge in [0.15, 0.2) is 11.5 Å². The number of carbonyl (C=O) groups is 1. The van der Waals surface area contributed by atoms with Crippen LogP contribution in [0.3, 0.4) is 0 Å². The Kier molecular flexibility index (Phi) is 5.26. The zero-order chi connectivity index (χ0) is 23.1. The van der Waals surface area contributed by atoms with Gasteiger partial charge in [0.2, 0.25) is 0 Å². The summed E-state index contributed by atoms with van der Waals surface area (Å²) < 4.78 is 7.80. The van der Waals surface area contributed by atoms with E-state index in [4.69, 9.17) is 20.0 Å². The molecule has 0 spiro atoms. The highest BCUT2D eigenvalue weighted by atomic mass is 16.5. The summed E-state index contributed by atoms with van der Waals surface area (Å²) in [5.74, 6) is 1.45. The smallest absolute Gasteiger partial charge is 0.319 e. The highest BCUT2D eigenvalue weighted by Crippen LogP contribution is 2.33. The van der Waals surface area contributed by atoms with Crippen LogP contribution in [-0.2, 0) is 11.3 Å². The minimum Gasteiger partial charge on any atom is -0.371 e. The first kappa shape index (κ1) is 20.9. The number of rotatable bonds is 6. The number of ether oxygens (including phenoxy) is 1. The van der Waals surface area contributed by atoms with Gasteiger partial charge in [0.1, 0.15) is 5.82 Å². The fourth-order valence-electron chi connectivity index (χ4n) is 4.70. The molecule has 6 rings (SSSR count). The third kappa shape index (κ3) is 4.15. The van der Waals surface area contributed by atoms with Crippen LogP contribution in [0.1, 0.15) is 32.1 Å². The highest BCUT2D eigenvalue weighted by molar-refractivity contribution is 5.91. The Morgan fingerprint density at radius 3 is 2.59 bits per heavy atom. The average Bonchev–Trinajstić information content (AvgIpc) is 3.47. The lowest BCUT2D eigenvalue weighted by atomic mass is 10.2. The number of nitrogens with one attached hydrogen (secondary N) is 2. The maximum atomic E-state index is 12.0. The van der Waals surface area contributed by atoms with Gasteiger partial charge in [-0.15, -0.1) is 0 Å². The lowest BCUT2D eigenvalue weighted by molar-refractivity contribution is 0.0303. The van der Waals surface area contributed by atoms with Crippen LogP contribution in [0.5, 0.6) is 0 Å². The van der Waals surface area contributed by atoms with E-state index < -0.39 is 0 Å². The molecule has 2 aliphatic heterocycles. The van der Waals surface area contributed by atoms with Crippen LogP contribution < -0.4 is 15.5 Å². The number of aromatic nitrogens is 4. The summed E-state index contributed by atoms with van der Waals surface area (Å²) in [5, 5.41) is 20.2. The lowest BCUT2D eigenvalue weighted by Crippen LogP contribution is -2.43. The van der Waals surface area contributed by atoms with E-state index >= 15 is 0 Å². The standard InChI is InChI=1S/C24H26N8O2/c25-10-1-11-32-23-20(12-26-32)22(31-13-18-8-9-19(14-31)34-18)29-21(30-23)15-2-4-16(5-3-15)27-24(33)28-17-6-7-17/h2-5,12,17-19H,1,6-9,11,13-14H2,(H2,27,28,33). The molecule has 1 aliphatic carbocycles. The summed E-state index contributed by atoms with van der Waals surface area (Å²) in [7, 11) is 0. The van der Waals surface area contributed by atoms with Crippen molar-refractivity contribution in [3.8, 4) is 17.5 Å². The zero-order valence-corrected chi connectivity index (χ0v) is 18.8. The number of nitrogens with zero attached hydrogens (tertiary/aromatic N) is 6. The maximum Gasteiger partial charge on any atom is 0.319 e. The molecule has 2 atom stereocenters. The Morgan fingerprint density at radius 1 is 1.12 bits per heavy atom. The van der Waals surface area contributed by atoms with E-state index in [0.717, 1.165) is 61.2 Å². The van der Waals surface area contributed by atoms with Crippen molar-refractivity contribution in [1.82, 2.24) is 25.1 Å². The summed E-state index contributed by atoms with van der Waals surface area (Å²) in [6.07, 6.45) is 6.86. The van der Waals surface area contributed by atoms with Crippen LogP contribution in [0.4, 0.5) is 16.3 Å². The molecule has 2 bridgehead atoms. The number of anilines is 2. The van der Waals surface area contributed by atoms with Gasteiger partial charge in [0.05, 0.1) is 42.8 Å². The van der Waals surface area contributed by atoms with E-state index in [9.17, 15) is 4.79 Å². The normalized spacial score (nSPS) is 21.4. The van der Waals surface area contributed by atoms with E-state index in [2.05, 4.69) is 26.7 Å². The predicted octanol–water partition coefficient (Wildman–Crippen LogP) is 3.06. The largest absolute Gasteiger partial charge is 0.371 e. The summed E-state index contributed by atoms with van der Waals surface area (Å²) in [5.41, 5.74) is 2.28. The number of urea groups is 1. The molecule has 4 heterocycles. The zero-order valence-electron chi connectivity index (χ0n) is 18.8. The molecule has 0 radical (unpaired) electrons. The second-order valence-corrected chi connectivity index (χ2v) is 9.20. The number of nitriles is 1. The number of morpholine rings is 1. The van der Waals surface area contributed by atoms with E-state index in [1.165, 1.54) is 0 Å². The quantitative estimate of drug-likeness (QED) is 0.582. The summed E-state index contributed by atoms with van der Waals surface area (Å²) in [4.78, 5) is 24.1. The predicted molar refractivity (Wildman–Crippen MR) is 126 cm³/mol. The number of hydrogen-bond donors (Lipinski definition) is 2. The van der Waals surface area contributed by atoms with Crippen LogP contribution in [0.25, 0.3) is 22.4 Å². The van der Waals surface area contributed by atoms with Gasteiger partial charge < -0.3 is 20.3 Å². The van der Waals surface area contributed by atoms with Crippen LogP contribution in [0.15, 0.2) is 30.5 Å². The van der Waals surface area contributed by atoms with E-state index in [-0.39, 0.29) is 18.2 Å². The van der Waals surface area contributed by atoms with Gasteiger partial charge in [0, 0.05) is 30.4 Å². The molecule has 2 amide bonds. The number of benzene rings is 1.